The average Bonchev–Trinajstić information content (AvgIpc) is 2.60. The van der Waals surface area contributed by atoms with E-state index in [1.54, 1.807) is 48.3 Å². The van der Waals surface area contributed by atoms with Crippen LogP contribution < -0.4 is 4.74 Å². The van der Waals surface area contributed by atoms with E-state index in [2.05, 4.69) is 0 Å². The molecule has 0 saturated heterocycles. The topological polar surface area (TPSA) is 66.8 Å². The third-order valence-electron chi connectivity index (χ3n) is 3.67. The Morgan fingerprint density at radius 3 is 2.24 bits per heavy atom. The van der Waals surface area contributed by atoms with Gasteiger partial charge in [0.05, 0.1) is 0 Å². The molecule has 132 valence electrons. The minimum Gasteiger partial charge on any atom is -0.482 e. The van der Waals surface area contributed by atoms with Gasteiger partial charge >= 0.3 is 5.97 Å². The second-order valence-electron chi connectivity index (χ2n) is 5.70. The molecular weight excluding hydrogens is 325 g/mol. The van der Waals surface area contributed by atoms with Gasteiger partial charge in [-0.1, -0.05) is 24.3 Å². The number of carboxylic acid groups (broad SMARTS) is 1. The van der Waals surface area contributed by atoms with Crippen molar-refractivity contribution in [1.29, 1.82) is 0 Å². The highest BCUT2D eigenvalue weighted by molar-refractivity contribution is 5.76. The summed E-state index contributed by atoms with van der Waals surface area (Å²) < 4.78 is 17.9. The van der Waals surface area contributed by atoms with Crippen molar-refractivity contribution in [2.45, 2.75) is 19.4 Å². The molecule has 6 heteroatoms. The number of carboxylic acids is 1. The normalized spacial score (nSPS) is 10.3. The molecule has 0 aliphatic carbocycles. The SMILES string of the molecule is CN(Cc1ccc(OCC(=O)O)cc1)C(=O)CCc1ccc(F)cc1. The quantitative estimate of drug-likeness (QED) is 0.799. The fourth-order valence-corrected chi connectivity index (χ4v) is 2.29. The monoisotopic (exact) mass is 345 g/mol. The number of benzene rings is 2. The van der Waals surface area contributed by atoms with Crippen LogP contribution in [-0.4, -0.2) is 35.5 Å². The molecule has 25 heavy (non-hydrogen) atoms. The van der Waals surface area contributed by atoms with E-state index < -0.39 is 5.97 Å². The highest BCUT2D eigenvalue weighted by atomic mass is 19.1. The summed E-state index contributed by atoms with van der Waals surface area (Å²) in [7, 11) is 1.72. The number of hydrogen-bond acceptors (Lipinski definition) is 3. The largest absolute Gasteiger partial charge is 0.482 e. The van der Waals surface area contributed by atoms with Gasteiger partial charge in [0.2, 0.25) is 5.91 Å². The van der Waals surface area contributed by atoms with Gasteiger partial charge in [-0.2, -0.15) is 0 Å². The number of ether oxygens (including phenoxy) is 1. The number of carbonyl (C=O) groups is 2. The Hall–Kier alpha value is -2.89. The van der Waals surface area contributed by atoms with Crippen molar-refractivity contribution in [3.63, 3.8) is 0 Å². The summed E-state index contributed by atoms with van der Waals surface area (Å²) in [5.74, 6) is -0.856. The number of aliphatic carboxylic acids is 1. The Bertz CT molecular complexity index is 713. The summed E-state index contributed by atoms with van der Waals surface area (Å²) in [6.45, 7) is 0.0581. The second-order valence-corrected chi connectivity index (χ2v) is 5.70. The van der Waals surface area contributed by atoms with Gasteiger partial charge < -0.3 is 14.7 Å². The molecule has 0 aliphatic rings. The lowest BCUT2D eigenvalue weighted by molar-refractivity contribution is -0.139. The minimum absolute atomic E-state index is 0.00414. The van der Waals surface area contributed by atoms with Crippen LogP contribution in [0.2, 0.25) is 0 Å². The number of aryl methyl sites for hydroxylation is 1. The Balaban J connectivity index is 1.81. The first-order valence-electron chi connectivity index (χ1n) is 7.86. The minimum atomic E-state index is -1.03. The maximum Gasteiger partial charge on any atom is 0.341 e. The number of carbonyl (C=O) groups excluding carboxylic acids is 1. The van der Waals surface area contributed by atoms with E-state index in [9.17, 15) is 14.0 Å². The molecule has 2 aromatic rings. The summed E-state index contributed by atoms with van der Waals surface area (Å²) in [5.41, 5.74) is 1.84. The lowest BCUT2D eigenvalue weighted by atomic mass is 10.1. The molecular formula is C19H20FNO4. The zero-order chi connectivity index (χ0) is 18.2. The van der Waals surface area contributed by atoms with E-state index in [4.69, 9.17) is 9.84 Å². The third-order valence-corrected chi connectivity index (χ3v) is 3.67. The fraction of sp³-hybridized carbons (Fsp3) is 0.263. The zero-order valence-electron chi connectivity index (χ0n) is 13.9. The standard InChI is InChI=1S/C19H20FNO4/c1-21(18(22)11-6-14-2-7-16(20)8-3-14)12-15-4-9-17(10-5-15)25-13-19(23)24/h2-5,7-10H,6,11-13H2,1H3,(H,23,24). The average molecular weight is 345 g/mol. The Kier molecular flexibility index (Phi) is 6.51. The number of amides is 1. The molecule has 0 aromatic heterocycles. The van der Waals surface area contributed by atoms with Crippen LogP contribution in [0.25, 0.3) is 0 Å². The first-order valence-corrected chi connectivity index (χ1v) is 7.86. The van der Waals surface area contributed by atoms with E-state index in [0.29, 0.717) is 25.1 Å². The van der Waals surface area contributed by atoms with Crippen LogP contribution in [0.5, 0.6) is 5.75 Å². The summed E-state index contributed by atoms with van der Waals surface area (Å²) in [4.78, 5) is 24.3. The van der Waals surface area contributed by atoms with Crippen molar-refractivity contribution < 1.29 is 23.8 Å². The lowest BCUT2D eigenvalue weighted by Crippen LogP contribution is -2.26. The highest BCUT2D eigenvalue weighted by Gasteiger charge is 2.10. The predicted octanol–water partition coefficient (Wildman–Crippen LogP) is 2.88. The zero-order valence-corrected chi connectivity index (χ0v) is 13.9. The van der Waals surface area contributed by atoms with E-state index >= 15 is 0 Å². The predicted molar refractivity (Wildman–Crippen MR) is 90.8 cm³/mol. The molecule has 1 amide bonds. The van der Waals surface area contributed by atoms with Crippen molar-refractivity contribution >= 4 is 11.9 Å². The van der Waals surface area contributed by atoms with Gasteiger partial charge in [-0.25, -0.2) is 9.18 Å². The van der Waals surface area contributed by atoms with Crippen molar-refractivity contribution in [3.8, 4) is 5.75 Å². The van der Waals surface area contributed by atoms with Crippen LogP contribution in [0.15, 0.2) is 48.5 Å². The molecule has 1 N–H and O–H groups in total. The second kappa shape index (κ2) is 8.82. The number of nitrogens with zero attached hydrogens (tertiary/aromatic N) is 1. The van der Waals surface area contributed by atoms with Gasteiger partial charge in [0.1, 0.15) is 11.6 Å². The van der Waals surface area contributed by atoms with Crippen LogP contribution in [-0.2, 0) is 22.6 Å². The van der Waals surface area contributed by atoms with Crippen molar-refractivity contribution in [2.24, 2.45) is 0 Å². The van der Waals surface area contributed by atoms with Gasteiger partial charge in [0, 0.05) is 20.0 Å². The molecule has 0 bridgehead atoms. The van der Waals surface area contributed by atoms with E-state index in [0.717, 1.165) is 11.1 Å². The molecule has 0 atom stereocenters. The summed E-state index contributed by atoms with van der Waals surface area (Å²) >= 11 is 0. The summed E-state index contributed by atoms with van der Waals surface area (Å²) in [6, 6.07) is 13.1. The molecule has 0 aliphatic heterocycles. The van der Waals surface area contributed by atoms with Crippen LogP contribution in [0.4, 0.5) is 4.39 Å². The summed E-state index contributed by atoms with van der Waals surface area (Å²) in [6.07, 6.45) is 0.910. The number of hydrogen-bond donors (Lipinski definition) is 1. The Morgan fingerprint density at radius 1 is 1.04 bits per heavy atom. The smallest absolute Gasteiger partial charge is 0.341 e. The van der Waals surface area contributed by atoms with Crippen LogP contribution >= 0.6 is 0 Å². The third kappa shape index (κ3) is 6.25. The Morgan fingerprint density at radius 2 is 1.64 bits per heavy atom. The molecule has 0 unspecified atom stereocenters. The first kappa shape index (κ1) is 18.4. The summed E-state index contributed by atoms with van der Waals surface area (Å²) in [5, 5.41) is 8.57. The number of rotatable bonds is 8. The molecule has 5 nitrogen and oxygen atoms in total. The van der Waals surface area contributed by atoms with Crippen LogP contribution in [0.3, 0.4) is 0 Å². The van der Waals surface area contributed by atoms with Crippen molar-refractivity contribution in [1.82, 2.24) is 4.90 Å². The molecule has 0 heterocycles. The van der Waals surface area contributed by atoms with Gasteiger partial charge in [-0.15, -0.1) is 0 Å². The van der Waals surface area contributed by atoms with Crippen molar-refractivity contribution in [2.75, 3.05) is 13.7 Å². The van der Waals surface area contributed by atoms with Crippen LogP contribution in [0.1, 0.15) is 17.5 Å². The molecule has 0 radical (unpaired) electrons. The van der Waals surface area contributed by atoms with Gasteiger partial charge in [-0.05, 0) is 41.8 Å². The lowest BCUT2D eigenvalue weighted by Gasteiger charge is -2.17. The number of halogens is 1. The van der Waals surface area contributed by atoms with E-state index in [-0.39, 0.29) is 18.3 Å². The molecule has 2 rings (SSSR count). The molecule has 0 saturated carbocycles. The van der Waals surface area contributed by atoms with Gasteiger partial charge in [-0.3, -0.25) is 4.79 Å². The molecule has 0 fully saturated rings. The fourth-order valence-electron chi connectivity index (χ4n) is 2.29. The highest BCUT2D eigenvalue weighted by Crippen LogP contribution is 2.14. The first-order chi connectivity index (χ1) is 11.9. The van der Waals surface area contributed by atoms with Crippen LogP contribution in [0, 0.1) is 5.82 Å². The maximum atomic E-state index is 12.9. The van der Waals surface area contributed by atoms with Crippen molar-refractivity contribution in [3.05, 3.63) is 65.5 Å². The van der Waals surface area contributed by atoms with Gasteiger partial charge in [0.15, 0.2) is 6.61 Å². The maximum absolute atomic E-state index is 12.9. The van der Waals surface area contributed by atoms with E-state index in [1.807, 2.05) is 0 Å². The molecule has 0 spiro atoms. The molecule has 2 aromatic carbocycles. The van der Waals surface area contributed by atoms with E-state index in [1.165, 1.54) is 12.1 Å². The Labute approximate surface area is 145 Å². The van der Waals surface area contributed by atoms with Gasteiger partial charge in [0.25, 0.3) is 0 Å².